The van der Waals surface area contributed by atoms with Gasteiger partial charge in [-0.05, 0) is 28.8 Å². The van der Waals surface area contributed by atoms with Crippen LogP contribution in [0.5, 0.6) is 6.01 Å². The van der Waals surface area contributed by atoms with Crippen LogP contribution in [-0.4, -0.2) is 28.6 Å². The van der Waals surface area contributed by atoms with Crippen molar-refractivity contribution >= 4 is 23.2 Å². The molecule has 2 N–H and O–H groups in total. The fourth-order valence-corrected chi connectivity index (χ4v) is 2.09. The number of rotatable bonds is 7. The lowest BCUT2D eigenvalue weighted by atomic mass is 10.3. The second-order valence-corrected chi connectivity index (χ2v) is 4.66. The molecule has 0 aliphatic rings. The van der Waals surface area contributed by atoms with Gasteiger partial charge in [-0.2, -0.15) is 26.3 Å². The summed E-state index contributed by atoms with van der Waals surface area (Å²) >= 11 is 1.67. The summed E-state index contributed by atoms with van der Waals surface area (Å²) in [6.07, 6.45) is 1.01. The number of thiophene rings is 1. The topological polar surface area (TPSA) is 72.0 Å². The molecule has 0 saturated carbocycles. The first-order chi connectivity index (χ1) is 9.31. The van der Waals surface area contributed by atoms with Gasteiger partial charge >= 0.3 is 6.01 Å². The second kappa shape index (κ2) is 6.89. The molecular formula is C12H17N5OS. The predicted molar refractivity (Wildman–Crippen MR) is 76.8 cm³/mol. The Kier molecular flexibility index (Phi) is 4.91. The number of hydrogen-bond acceptors (Lipinski definition) is 7. The summed E-state index contributed by atoms with van der Waals surface area (Å²) in [5.74, 6) is 1.04. The highest BCUT2D eigenvalue weighted by Crippen LogP contribution is 2.13. The van der Waals surface area contributed by atoms with Gasteiger partial charge in [-0.1, -0.05) is 6.92 Å². The normalized spacial score (nSPS) is 10.2. The molecule has 0 amide bonds. The van der Waals surface area contributed by atoms with E-state index in [1.54, 1.807) is 18.4 Å². The molecule has 19 heavy (non-hydrogen) atoms. The van der Waals surface area contributed by atoms with Crippen molar-refractivity contribution in [2.45, 2.75) is 19.9 Å². The molecule has 0 atom stereocenters. The van der Waals surface area contributed by atoms with Crippen molar-refractivity contribution in [3.05, 3.63) is 22.4 Å². The van der Waals surface area contributed by atoms with E-state index in [0.29, 0.717) is 24.5 Å². The third-order valence-corrected chi connectivity index (χ3v) is 3.09. The van der Waals surface area contributed by atoms with Crippen LogP contribution in [0.4, 0.5) is 11.9 Å². The molecule has 7 heteroatoms. The molecule has 0 radical (unpaired) electrons. The Morgan fingerprint density at radius 1 is 1.21 bits per heavy atom. The van der Waals surface area contributed by atoms with Gasteiger partial charge in [0.15, 0.2) is 0 Å². The van der Waals surface area contributed by atoms with Crippen LogP contribution in [-0.2, 0) is 6.54 Å². The lowest BCUT2D eigenvalue weighted by Crippen LogP contribution is -2.10. The minimum atomic E-state index is 0.307. The lowest BCUT2D eigenvalue weighted by Gasteiger charge is -2.08. The van der Waals surface area contributed by atoms with E-state index >= 15 is 0 Å². The third kappa shape index (κ3) is 4.06. The van der Waals surface area contributed by atoms with Crippen molar-refractivity contribution in [1.82, 2.24) is 15.0 Å². The first kappa shape index (κ1) is 13.5. The SMILES string of the molecule is CCCNc1nc(NCc2ccsc2)nc(OC)n1. The average molecular weight is 279 g/mol. The number of anilines is 2. The lowest BCUT2D eigenvalue weighted by molar-refractivity contribution is 0.379. The first-order valence-electron chi connectivity index (χ1n) is 6.10. The van der Waals surface area contributed by atoms with E-state index in [9.17, 15) is 0 Å². The minimum absolute atomic E-state index is 0.307. The molecule has 0 spiro atoms. The molecule has 0 aliphatic carbocycles. The van der Waals surface area contributed by atoms with Gasteiger partial charge < -0.3 is 15.4 Å². The summed E-state index contributed by atoms with van der Waals surface area (Å²) in [6.45, 7) is 3.59. The molecule has 0 unspecified atom stereocenters. The standard InChI is InChI=1S/C12H17N5OS/c1-3-5-13-10-15-11(17-12(16-10)18-2)14-7-9-4-6-19-8-9/h4,6,8H,3,5,7H2,1-2H3,(H2,13,14,15,16,17). The third-order valence-electron chi connectivity index (χ3n) is 2.36. The van der Waals surface area contributed by atoms with E-state index in [1.165, 1.54) is 5.56 Å². The molecule has 2 aromatic heterocycles. The molecule has 0 aromatic carbocycles. The maximum atomic E-state index is 5.07. The van der Waals surface area contributed by atoms with Crippen LogP contribution in [0.3, 0.4) is 0 Å². The van der Waals surface area contributed by atoms with Crippen molar-refractivity contribution in [2.24, 2.45) is 0 Å². The van der Waals surface area contributed by atoms with Gasteiger partial charge in [0.05, 0.1) is 7.11 Å². The van der Waals surface area contributed by atoms with E-state index < -0.39 is 0 Å². The van der Waals surface area contributed by atoms with E-state index in [2.05, 4.69) is 44.0 Å². The number of nitrogens with zero attached hydrogens (tertiary/aromatic N) is 3. The van der Waals surface area contributed by atoms with Gasteiger partial charge in [0.25, 0.3) is 0 Å². The smallest absolute Gasteiger partial charge is 0.322 e. The monoisotopic (exact) mass is 279 g/mol. The molecule has 102 valence electrons. The average Bonchev–Trinajstić information content (AvgIpc) is 2.96. The molecule has 0 bridgehead atoms. The molecular weight excluding hydrogens is 262 g/mol. The van der Waals surface area contributed by atoms with Gasteiger partial charge in [-0.3, -0.25) is 0 Å². The largest absolute Gasteiger partial charge is 0.467 e. The van der Waals surface area contributed by atoms with Crippen LogP contribution in [0.1, 0.15) is 18.9 Å². The van der Waals surface area contributed by atoms with Crippen LogP contribution in [0, 0.1) is 0 Å². The molecule has 2 aromatic rings. The zero-order valence-electron chi connectivity index (χ0n) is 11.0. The Morgan fingerprint density at radius 3 is 2.63 bits per heavy atom. The summed E-state index contributed by atoms with van der Waals surface area (Å²) in [5.41, 5.74) is 1.20. The van der Waals surface area contributed by atoms with Crippen LogP contribution < -0.4 is 15.4 Å². The Balaban J connectivity index is 2.05. The number of ether oxygens (including phenoxy) is 1. The van der Waals surface area contributed by atoms with Crippen molar-refractivity contribution in [3.63, 3.8) is 0 Å². The van der Waals surface area contributed by atoms with Gasteiger partial charge in [0, 0.05) is 13.1 Å². The van der Waals surface area contributed by atoms with Gasteiger partial charge in [0.2, 0.25) is 11.9 Å². The van der Waals surface area contributed by atoms with Gasteiger partial charge in [-0.15, -0.1) is 0 Å². The van der Waals surface area contributed by atoms with E-state index in [0.717, 1.165) is 13.0 Å². The van der Waals surface area contributed by atoms with Crippen molar-refractivity contribution in [1.29, 1.82) is 0 Å². The maximum absolute atomic E-state index is 5.07. The van der Waals surface area contributed by atoms with E-state index in [4.69, 9.17) is 4.74 Å². The molecule has 6 nitrogen and oxygen atoms in total. The first-order valence-corrected chi connectivity index (χ1v) is 7.05. The van der Waals surface area contributed by atoms with Crippen molar-refractivity contribution < 1.29 is 4.74 Å². The summed E-state index contributed by atoms with van der Waals surface area (Å²) < 4.78 is 5.07. The highest BCUT2D eigenvalue weighted by atomic mass is 32.1. The zero-order valence-corrected chi connectivity index (χ0v) is 11.8. The fraction of sp³-hybridized carbons (Fsp3) is 0.417. The Hall–Kier alpha value is -1.89. The Morgan fingerprint density at radius 2 is 2.00 bits per heavy atom. The van der Waals surface area contributed by atoms with E-state index in [1.807, 2.05) is 5.38 Å². The highest BCUT2D eigenvalue weighted by Gasteiger charge is 2.06. The maximum Gasteiger partial charge on any atom is 0.322 e. The van der Waals surface area contributed by atoms with Crippen LogP contribution in [0.15, 0.2) is 16.8 Å². The van der Waals surface area contributed by atoms with Crippen molar-refractivity contribution in [3.8, 4) is 6.01 Å². The number of nitrogens with one attached hydrogen (secondary N) is 2. The van der Waals surface area contributed by atoms with Gasteiger partial charge in [-0.25, -0.2) is 0 Å². The van der Waals surface area contributed by atoms with Crippen LogP contribution in [0.25, 0.3) is 0 Å². The predicted octanol–water partition coefficient (Wildman–Crippen LogP) is 2.38. The number of aromatic nitrogens is 3. The van der Waals surface area contributed by atoms with E-state index in [-0.39, 0.29) is 0 Å². The molecule has 2 heterocycles. The summed E-state index contributed by atoms with van der Waals surface area (Å²) in [5, 5.41) is 10.4. The number of hydrogen-bond donors (Lipinski definition) is 2. The molecule has 0 aliphatic heterocycles. The van der Waals surface area contributed by atoms with Crippen LogP contribution >= 0.6 is 11.3 Å². The zero-order chi connectivity index (χ0) is 13.5. The van der Waals surface area contributed by atoms with Gasteiger partial charge in [0.1, 0.15) is 0 Å². The summed E-state index contributed by atoms with van der Waals surface area (Å²) in [4.78, 5) is 12.6. The fourth-order valence-electron chi connectivity index (χ4n) is 1.42. The quantitative estimate of drug-likeness (QED) is 0.810. The minimum Gasteiger partial charge on any atom is -0.467 e. The Bertz CT molecular complexity index is 503. The Labute approximate surface area is 116 Å². The summed E-state index contributed by atoms with van der Waals surface area (Å²) in [6, 6.07) is 2.37. The number of methoxy groups -OCH3 is 1. The highest BCUT2D eigenvalue weighted by molar-refractivity contribution is 7.07. The molecule has 0 fully saturated rings. The van der Waals surface area contributed by atoms with Crippen molar-refractivity contribution in [2.75, 3.05) is 24.3 Å². The molecule has 0 saturated heterocycles. The second-order valence-electron chi connectivity index (χ2n) is 3.88. The molecule has 2 rings (SSSR count). The van der Waals surface area contributed by atoms with Crippen LogP contribution in [0.2, 0.25) is 0 Å². The summed E-state index contributed by atoms with van der Waals surface area (Å²) in [7, 11) is 1.54.